The maximum atomic E-state index is 11.7. The number of para-hydroxylation sites is 1. The lowest BCUT2D eigenvalue weighted by Gasteiger charge is -2.08. The highest BCUT2D eigenvalue weighted by molar-refractivity contribution is 8.00. The normalized spacial score (nSPS) is 16.2. The minimum atomic E-state index is -0.440. The summed E-state index contributed by atoms with van der Waals surface area (Å²) in [4.78, 5) is 23.4. The molecule has 0 aliphatic carbocycles. The number of esters is 1. The van der Waals surface area contributed by atoms with Crippen molar-refractivity contribution in [2.45, 2.75) is 10.3 Å². The molecule has 150 valence electrons. The number of aromatic nitrogens is 2. The van der Waals surface area contributed by atoms with Gasteiger partial charge in [0.15, 0.2) is 0 Å². The van der Waals surface area contributed by atoms with Crippen molar-refractivity contribution in [2.75, 3.05) is 25.2 Å². The Labute approximate surface area is 174 Å². The summed E-state index contributed by atoms with van der Waals surface area (Å²) < 4.78 is 12.2. The summed E-state index contributed by atoms with van der Waals surface area (Å²) in [5, 5.41) is 17.1. The zero-order valence-electron chi connectivity index (χ0n) is 15.4. The third-order valence-corrected chi connectivity index (χ3v) is 6.47. The van der Waals surface area contributed by atoms with Gasteiger partial charge in [0, 0.05) is 28.2 Å². The third-order valence-electron chi connectivity index (χ3n) is 4.39. The molecule has 2 aromatic carbocycles. The van der Waals surface area contributed by atoms with Crippen molar-refractivity contribution in [3.8, 4) is 5.69 Å². The molecule has 0 saturated carbocycles. The van der Waals surface area contributed by atoms with Gasteiger partial charge < -0.3 is 9.47 Å². The molecular weight excluding hydrogens is 414 g/mol. The van der Waals surface area contributed by atoms with Crippen LogP contribution in [-0.2, 0) is 14.3 Å². The minimum Gasteiger partial charge on any atom is -0.468 e. The van der Waals surface area contributed by atoms with Crippen molar-refractivity contribution in [1.29, 1.82) is 0 Å². The lowest BCUT2D eigenvalue weighted by atomic mass is 10.2. The Hall–Kier alpha value is -2.56. The van der Waals surface area contributed by atoms with Gasteiger partial charge >= 0.3 is 5.97 Å². The molecule has 4 rings (SSSR count). The monoisotopic (exact) mass is 431 g/mol. The number of methoxy groups -OCH3 is 1. The fraction of sp³-hybridized carbons (Fsp3) is 0.263. The molecule has 0 N–H and O–H groups in total. The summed E-state index contributed by atoms with van der Waals surface area (Å²) in [5.74, 6) is 0.488. The van der Waals surface area contributed by atoms with Crippen LogP contribution >= 0.6 is 23.5 Å². The van der Waals surface area contributed by atoms with E-state index in [0.29, 0.717) is 22.7 Å². The maximum absolute atomic E-state index is 11.7. The second-order valence-electron chi connectivity index (χ2n) is 6.17. The van der Waals surface area contributed by atoms with Crippen LogP contribution in [0.3, 0.4) is 0 Å². The highest BCUT2D eigenvalue weighted by Gasteiger charge is 2.29. The SMILES string of the molecule is COC(=O)CSc1cc([N+](=O)[O-])cc2c1c(C1OCCS1)nn2-c1ccccc1. The zero-order chi connectivity index (χ0) is 20.4. The topological polar surface area (TPSA) is 96.5 Å². The van der Waals surface area contributed by atoms with Crippen molar-refractivity contribution in [3.63, 3.8) is 0 Å². The van der Waals surface area contributed by atoms with Crippen LogP contribution in [-0.4, -0.2) is 45.9 Å². The van der Waals surface area contributed by atoms with Crippen LogP contribution in [0.4, 0.5) is 5.69 Å². The van der Waals surface area contributed by atoms with Crippen molar-refractivity contribution < 1.29 is 19.2 Å². The van der Waals surface area contributed by atoms with E-state index in [0.717, 1.165) is 16.8 Å². The van der Waals surface area contributed by atoms with E-state index in [2.05, 4.69) is 0 Å². The maximum Gasteiger partial charge on any atom is 0.315 e. The van der Waals surface area contributed by atoms with E-state index in [-0.39, 0.29) is 16.9 Å². The number of carbonyl (C=O) groups is 1. The first-order valence-electron chi connectivity index (χ1n) is 8.78. The number of nitro groups is 1. The first-order valence-corrected chi connectivity index (χ1v) is 10.8. The summed E-state index contributed by atoms with van der Waals surface area (Å²) in [6.07, 6.45) is 0. The number of ether oxygens (including phenoxy) is 2. The smallest absolute Gasteiger partial charge is 0.315 e. The molecular formula is C19H17N3O5S2. The minimum absolute atomic E-state index is 0.0430. The number of nitrogens with zero attached hydrogens (tertiary/aromatic N) is 3. The Balaban J connectivity index is 1.95. The van der Waals surface area contributed by atoms with Crippen LogP contribution in [0.1, 0.15) is 11.1 Å². The highest BCUT2D eigenvalue weighted by atomic mass is 32.2. The van der Waals surface area contributed by atoms with Gasteiger partial charge in [-0.1, -0.05) is 18.2 Å². The molecule has 29 heavy (non-hydrogen) atoms. The number of benzene rings is 2. The lowest BCUT2D eigenvalue weighted by molar-refractivity contribution is -0.384. The molecule has 1 aliphatic rings. The van der Waals surface area contributed by atoms with E-state index in [4.69, 9.17) is 14.6 Å². The number of nitro benzene ring substituents is 1. The van der Waals surface area contributed by atoms with Gasteiger partial charge in [0.2, 0.25) is 0 Å². The zero-order valence-corrected chi connectivity index (χ0v) is 17.1. The summed E-state index contributed by atoms with van der Waals surface area (Å²) in [5.41, 5.74) is 1.77. The van der Waals surface area contributed by atoms with E-state index in [1.165, 1.54) is 31.0 Å². The Morgan fingerprint density at radius 3 is 2.86 bits per heavy atom. The average molecular weight is 431 g/mol. The van der Waals surface area contributed by atoms with Crippen LogP contribution in [0.5, 0.6) is 0 Å². The number of hydrogen-bond donors (Lipinski definition) is 0. The summed E-state index contributed by atoms with van der Waals surface area (Å²) in [6.45, 7) is 0.618. The molecule has 0 bridgehead atoms. The average Bonchev–Trinajstić information content (AvgIpc) is 3.40. The van der Waals surface area contributed by atoms with Crippen molar-refractivity contribution >= 4 is 46.1 Å². The summed E-state index contributed by atoms with van der Waals surface area (Å²) in [6, 6.07) is 12.4. The van der Waals surface area contributed by atoms with E-state index in [1.54, 1.807) is 16.4 Å². The Kier molecular flexibility index (Phi) is 5.74. The fourth-order valence-corrected chi connectivity index (χ4v) is 4.96. The van der Waals surface area contributed by atoms with E-state index >= 15 is 0 Å². The Morgan fingerprint density at radius 2 is 2.21 bits per heavy atom. The predicted octanol–water partition coefficient (Wildman–Crippen LogP) is 3.96. The number of carbonyl (C=O) groups excluding carboxylic acids is 1. The molecule has 1 saturated heterocycles. The van der Waals surface area contributed by atoms with Gasteiger partial charge in [-0.3, -0.25) is 14.9 Å². The van der Waals surface area contributed by atoms with Gasteiger partial charge in [-0.25, -0.2) is 4.68 Å². The molecule has 1 aliphatic heterocycles. The van der Waals surface area contributed by atoms with Gasteiger partial charge in [0.25, 0.3) is 5.69 Å². The molecule has 1 atom stereocenters. The van der Waals surface area contributed by atoms with Crippen LogP contribution < -0.4 is 0 Å². The molecule has 10 heteroatoms. The van der Waals surface area contributed by atoms with E-state index in [9.17, 15) is 14.9 Å². The second kappa shape index (κ2) is 8.44. The van der Waals surface area contributed by atoms with E-state index < -0.39 is 10.9 Å². The standard InChI is InChI=1S/C19H17N3O5S2/c1-26-16(23)11-29-15-10-13(22(24)25)9-14-17(15)18(19-27-7-8-28-19)20-21(14)12-5-3-2-4-6-12/h2-6,9-10,19H,7-8,11H2,1H3. The Bertz CT molecular complexity index is 1060. The number of fused-ring (bicyclic) bond motifs is 1. The molecule has 3 aromatic rings. The van der Waals surface area contributed by atoms with Gasteiger partial charge in [0.05, 0.1) is 35.6 Å². The molecule has 0 spiro atoms. The van der Waals surface area contributed by atoms with E-state index in [1.807, 2.05) is 30.3 Å². The van der Waals surface area contributed by atoms with Crippen LogP contribution in [0.15, 0.2) is 47.4 Å². The van der Waals surface area contributed by atoms with Gasteiger partial charge in [0.1, 0.15) is 11.1 Å². The number of non-ortho nitro benzene ring substituents is 1. The van der Waals surface area contributed by atoms with Crippen LogP contribution in [0, 0.1) is 10.1 Å². The van der Waals surface area contributed by atoms with Crippen molar-refractivity contribution in [1.82, 2.24) is 9.78 Å². The van der Waals surface area contributed by atoms with Gasteiger partial charge in [-0.15, -0.1) is 23.5 Å². The molecule has 1 fully saturated rings. The predicted molar refractivity (Wildman–Crippen MR) is 112 cm³/mol. The van der Waals surface area contributed by atoms with Crippen molar-refractivity contribution in [3.05, 3.63) is 58.3 Å². The number of rotatable bonds is 6. The molecule has 0 radical (unpaired) electrons. The number of thioether (sulfide) groups is 2. The third kappa shape index (κ3) is 3.96. The Morgan fingerprint density at radius 1 is 1.41 bits per heavy atom. The summed E-state index contributed by atoms with van der Waals surface area (Å²) >= 11 is 2.83. The first kappa shape index (κ1) is 19.7. The highest BCUT2D eigenvalue weighted by Crippen LogP contribution is 2.43. The first-order chi connectivity index (χ1) is 14.1. The van der Waals surface area contributed by atoms with Crippen LogP contribution in [0.2, 0.25) is 0 Å². The molecule has 1 aromatic heterocycles. The van der Waals surface area contributed by atoms with Crippen LogP contribution in [0.25, 0.3) is 16.6 Å². The molecule has 2 heterocycles. The molecule has 1 unspecified atom stereocenters. The second-order valence-corrected chi connectivity index (χ2v) is 8.35. The molecule has 0 amide bonds. The summed E-state index contributed by atoms with van der Waals surface area (Å²) in [7, 11) is 1.31. The van der Waals surface area contributed by atoms with Crippen molar-refractivity contribution in [2.24, 2.45) is 0 Å². The molecule has 8 nitrogen and oxygen atoms in total. The quantitative estimate of drug-likeness (QED) is 0.250. The largest absolute Gasteiger partial charge is 0.468 e. The lowest BCUT2D eigenvalue weighted by Crippen LogP contribution is -2.03. The van der Waals surface area contributed by atoms with Gasteiger partial charge in [-0.05, 0) is 12.1 Å². The van der Waals surface area contributed by atoms with Gasteiger partial charge in [-0.2, -0.15) is 5.10 Å². The fourth-order valence-electron chi connectivity index (χ4n) is 3.08. The number of hydrogen-bond acceptors (Lipinski definition) is 8.